The average molecular weight is 281 g/mol. The number of aliphatic carboxylic acids is 1. The van der Waals surface area contributed by atoms with Gasteiger partial charge in [0.2, 0.25) is 0 Å². The van der Waals surface area contributed by atoms with Gasteiger partial charge in [0.15, 0.2) is 5.69 Å². The Morgan fingerprint density at radius 3 is 2.50 bits per heavy atom. The number of amides is 1. The molecule has 1 rings (SSSR count). The summed E-state index contributed by atoms with van der Waals surface area (Å²) in [6.07, 6.45) is 1.86. The van der Waals surface area contributed by atoms with Crippen LogP contribution < -0.4 is 0 Å². The van der Waals surface area contributed by atoms with E-state index in [0.29, 0.717) is 11.7 Å². The number of hydrogen-bond acceptors (Lipinski definition) is 3. The molecule has 112 valence electrons. The van der Waals surface area contributed by atoms with Gasteiger partial charge in [0, 0.05) is 19.3 Å². The van der Waals surface area contributed by atoms with Gasteiger partial charge < -0.3 is 10.0 Å². The number of aryl methyl sites for hydroxylation is 1. The maximum atomic E-state index is 12.2. The third-order valence-electron chi connectivity index (χ3n) is 3.44. The minimum atomic E-state index is -0.914. The Morgan fingerprint density at radius 1 is 1.40 bits per heavy atom. The van der Waals surface area contributed by atoms with Crippen molar-refractivity contribution in [3.63, 3.8) is 0 Å². The largest absolute Gasteiger partial charge is 0.481 e. The van der Waals surface area contributed by atoms with Gasteiger partial charge in [-0.2, -0.15) is 5.10 Å². The lowest BCUT2D eigenvalue weighted by Crippen LogP contribution is -2.29. The molecule has 6 heteroatoms. The zero-order chi connectivity index (χ0) is 15.3. The lowest BCUT2D eigenvalue weighted by Gasteiger charge is -2.16. The lowest BCUT2D eigenvalue weighted by molar-refractivity contribution is -0.137. The fourth-order valence-corrected chi connectivity index (χ4v) is 2.16. The molecular weight excluding hydrogens is 258 g/mol. The van der Waals surface area contributed by atoms with Gasteiger partial charge in [0.1, 0.15) is 0 Å². The van der Waals surface area contributed by atoms with Crippen molar-refractivity contribution in [1.29, 1.82) is 0 Å². The van der Waals surface area contributed by atoms with Crippen molar-refractivity contribution in [3.8, 4) is 0 Å². The lowest BCUT2D eigenvalue weighted by atomic mass is 10.2. The molecule has 0 aliphatic carbocycles. The summed E-state index contributed by atoms with van der Waals surface area (Å²) in [7, 11) is 1.59. The number of carboxylic acid groups (broad SMARTS) is 1. The molecule has 0 aliphatic heterocycles. The van der Waals surface area contributed by atoms with Crippen LogP contribution in [-0.4, -0.2) is 45.3 Å². The second-order valence-corrected chi connectivity index (χ2v) is 4.96. The van der Waals surface area contributed by atoms with Crippen LogP contribution in [0.2, 0.25) is 0 Å². The van der Waals surface area contributed by atoms with E-state index in [2.05, 4.69) is 18.9 Å². The molecule has 1 amide bonds. The predicted molar refractivity (Wildman–Crippen MR) is 75.8 cm³/mol. The molecule has 6 nitrogen and oxygen atoms in total. The highest BCUT2D eigenvalue weighted by Gasteiger charge is 2.19. The maximum absolute atomic E-state index is 12.2. The van der Waals surface area contributed by atoms with E-state index in [4.69, 9.17) is 5.11 Å². The van der Waals surface area contributed by atoms with Crippen molar-refractivity contribution in [2.45, 2.75) is 46.1 Å². The predicted octanol–water partition coefficient (Wildman–Crippen LogP) is 2.10. The Balaban J connectivity index is 2.84. The van der Waals surface area contributed by atoms with E-state index in [1.807, 2.05) is 11.6 Å². The normalized spacial score (nSPS) is 10.8. The van der Waals surface area contributed by atoms with Crippen LogP contribution in [0, 0.1) is 6.92 Å². The van der Waals surface area contributed by atoms with E-state index in [0.717, 1.165) is 18.5 Å². The fraction of sp³-hybridized carbons (Fsp3) is 0.643. The number of rotatable bonds is 7. The Kier molecular flexibility index (Phi) is 5.73. The van der Waals surface area contributed by atoms with Gasteiger partial charge >= 0.3 is 5.97 Å². The number of nitrogens with zero attached hydrogens (tertiary/aromatic N) is 3. The Labute approximate surface area is 119 Å². The first-order valence-electron chi connectivity index (χ1n) is 6.94. The number of carbonyl (C=O) groups is 2. The monoisotopic (exact) mass is 281 g/mol. The number of aromatic nitrogens is 2. The molecule has 1 heterocycles. The van der Waals surface area contributed by atoms with E-state index in [1.165, 1.54) is 4.90 Å². The fourth-order valence-electron chi connectivity index (χ4n) is 2.16. The van der Waals surface area contributed by atoms with E-state index in [-0.39, 0.29) is 18.9 Å². The molecule has 0 aliphatic rings. The highest BCUT2D eigenvalue weighted by atomic mass is 16.4. The second-order valence-electron chi connectivity index (χ2n) is 4.96. The van der Waals surface area contributed by atoms with Gasteiger partial charge in [0.05, 0.1) is 12.5 Å². The summed E-state index contributed by atoms with van der Waals surface area (Å²) >= 11 is 0. The Bertz CT molecular complexity index is 478. The topological polar surface area (TPSA) is 75.4 Å². The van der Waals surface area contributed by atoms with Crippen molar-refractivity contribution in [1.82, 2.24) is 14.7 Å². The van der Waals surface area contributed by atoms with Crippen LogP contribution in [-0.2, 0) is 4.79 Å². The van der Waals surface area contributed by atoms with Gasteiger partial charge in [-0.1, -0.05) is 13.8 Å². The van der Waals surface area contributed by atoms with E-state index in [1.54, 1.807) is 13.1 Å². The highest BCUT2D eigenvalue weighted by molar-refractivity contribution is 5.92. The molecule has 0 unspecified atom stereocenters. The van der Waals surface area contributed by atoms with Crippen LogP contribution in [0.5, 0.6) is 0 Å². The summed E-state index contributed by atoms with van der Waals surface area (Å²) in [4.78, 5) is 24.1. The molecule has 0 fully saturated rings. The van der Waals surface area contributed by atoms with Gasteiger partial charge in [0.25, 0.3) is 5.91 Å². The van der Waals surface area contributed by atoms with Crippen LogP contribution in [0.25, 0.3) is 0 Å². The first-order valence-corrected chi connectivity index (χ1v) is 6.94. The molecule has 20 heavy (non-hydrogen) atoms. The van der Waals surface area contributed by atoms with Crippen LogP contribution in [0.15, 0.2) is 6.07 Å². The quantitative estimate of drug-likeness (QED) is 0.830. The highest BCUT2D eigenvalue weighted by Crippen LogP contribution is 2.18. The Hall–Kier alpha value is -1.85. The van der Waals surface area contributed by atoms with Crippen LogP contribution in [0.1, 0.15) is 55.3 Å². The second kappa shape index (κ2) is 7.07. The van der Waals surface area contributed by atoms with E-state index >= 15 is 0 Å². The smallest absolute Gasteiger partial charge is 0.305 e. The minimum absolute atomic E-state index is 0.0610. The molecule has 1 aromatic rings. The van der Waals surface area contributed by atoms with Crippen molar-refractivity contribution >= 4 is 11.9 Å². The molecule has 1 N–H and O–H groups in total. The molecule has 0 atom stereocenters. The van der Waals surface area contributed by atoms with Gasteiger partial charge in [-0.15, -0.1) is 0 Å². The number of carboxylic acids is 1. The first kappa shape index (κ1) is 16.2. The minimum Gasteiger partial charge on any atom is -0.481 e. The average Bonchev–Trinajstić information content (AvgIpc) is 2.79. The summed E-state index contributed by atoms with van der Waals surface area (Å²) in [5.41, 5.74) is 1.33. The molecule has 0 radical (unpaired) electrons. The summed E-state index contributed by atoms with van der Waals surface area (Å²) in [5.74, 6) is -1.15. The third-order valence-corrected chi connectivity index (χ3v) is 3.44. The molecule has 0 spiro atoms. The molecule has 0 bridgehead atoms. The summed E-state index contributed by atoms with van der Waals surface area (Å²) in [6.45, 7) is 6.30. The van der Waals surface area contributed by atoms with Gasteiger partial charge in [-0.3, -0.25) is 14.3 Å². The Morgan fingerprint density at radius 2 is 2.00 bits per heavy atom. The molecule has 0 saturated heterocycles. The number of carbonyl (C=O) groups excluding carboxylic acids is 1. The molecular formula is C14H23N3O3. The maximum Gasteiger partial charge on any atom is 0.305 e. The van der Waals surface area contributed by atoms with Crippen molar-refractivity contribution in [2.75, 3.05) is 13.6 Å². The van der Waals surface area contributed by atoms with Crippen molar-refractivity contribution in [2.24, 2.45) is 0 Å². The van der Waals surface area contributed by atoms with Crippen molar-refractivity contribution in [3.05, 3.63) is 17.5 Å². The zero-order valence-electron chi connectivity index (χ0n) is 12.6. The summed E-state index contributed by atoms with van der Waals surface area (Å²) in [5, 5.41) is 13.0. The SMILES string of the molecule is CCC(CC)n1nc(C(=O)N(C)CCC(=O)O)cc1C. The molecule has 0 saturated carbocycles. The van der Waals surface area contributed by atoms with Crippen LogP contribution in [0.4, 0.5) is 0 Å². The summed E-state index contributed by atoms with van der Waals surface area (Å²) in [6, 6.07) is 2.05. The van der Waals surface area contributed by atoms with Crippen molar-refractivity contribution < 1.29 is 14.7 Å². The van der Waals surface area contributed by atoms with E-state index < -0.39 is 5.97 Å². The standard InChI is InChI=1S/C14H23N3O3/c1-5-11(6-2)17-10(3)9-12(15-17)14(20)16(4)8-7-13(18)19/h9,11H,5-8H2,1-4H3,(H,18,19). The zero-order valence-corrected chi connectivity index (χ0v) is 12.6. The number of hydrogen-bond donors (Lipinski definition) is 1. The van der Waals surface area contributed by atoms with Crippen LogP contribution in [0.3, 0.4) is 0 Å². The first-order chi connectivity index (χ1) is 9.40. The third kappa shape index (κ3) is 3.82. The van der Waals surface area contributed by atoms with E-state index in [9.17, 15) is 9.59 Å². The molecule has 0 aromatic carbocycles. The summed E-state index contributed by atoms with van der Waals surface area (Å²) < 4.78 is 1.89. The van der Waals surface area contributed by atoms with Gasteiger partial charge in [-0.25, -0.2) is 0 Å². The van der Waals surface area contributed by atoms with Crippen LogP contribution >= 0.6 is 0 Å². The molecule has 1 aromatic heterocycles. The van der Waals surface area contributed by atoms with Gasteiger partial charge in [-0.05, 0) is 25.8 Å².